The van der Waals surface area contributed by atoms with E-state index < -0.39 is 11.8 Å². The topological polar surface area (TPSA) is 186 Å². The summed E-state index contributed by atoms with van der Waals surface area (Å²) in [5.41, 5.74) is 12.2. The van der Waals surface area contributed by atoms with Crippen molar-refractivity contribution in [3.63, 3.8) is 0 Å². The number of hydrogen-bond donors (Lipinski definition) is 5. The van der Waals surface area contributed by atoms with Crippen LogP contribution in [-0.2, 0) is 16.0 Å². The number of amides is 2. The van der Waals surface area contributed by atoms with Crippen molar-refractivity contribution >= 4 is 46.6 Å². The van der Waals surface area contributed by atoms with Crippen molar-refractivity contribution in [2.45, 2.75) is 26.3 Å². The van der Waals surface area contributed by atoms with Gasteiger partial charge in [0, 0.05) is 28.9 Å². The molecule has 0 radical (unpaired) electrons. The van der Waals surface area contributed by atoms with E-state index in [1.165, 1.54) is 18.5 Å². The molecule has 0 aliphatic heterocycles. The Morgan fingerprint density at radius 1 is 1.14 bits per heavy atom. The van der Waals surface area contributed by atoms with Crippen LogP contribution >= 0.6 is 23.2 Å². The van der Waals surface area contributed by atoms with Crippen LogP contribution in [0, 0.1) is 5.41 Å². The van der Waals surface area contributed by atoms with Crippen LogP contribution in [-0.4, -0.2) is 38.7 Å². The Bertz CT molecular complexity index is 1300. The van der Waals surface area contributed by atoms with Gasteiger partial charge in [0.25, 0.3) is 5.91 Å². The van der Waals surface area contributed by atoms with Crippen molar-refractivity contribution in [2.75, 3.05) is 5.32 Å². The summed E-state index contributed by atoms with van der Waals surface area (Å²) in [6.07, 6.45) is 2.44. The molecule has 2 aromatic heterocycles. The van der Waals surface area contributed by atoms with Gasteiger partial charge in [-0.25, -0.2) is 0 Å². The first-order valence-electron chi connectivity index (χ1n) is 10.2. The molecule has 0 saturated carbocycles. The number of halogens is 2. The highest BCUT2D eigenvalue weighted by atomic mass is 35.5. The Balaban J connectivity index is 1.67. The molecule has 3 rings (SSSR count). The first kappa shape index (κ1) is 25.7. The molecule has 0 unspecified atom stereocenters. The third kappa shape index (κ3) is 6.55. The lowest BCUT2D eigenvalue weighted by molar-refractivity contribution is -0.116. The lowest BCUT2D eigenvalue weighted by Gasteiger charge is -2.14. The molecular weight excluding hydrogens is 495 g/mol. The van der Waals surface area contributed by atoms with Gasteiger partial charge < -0.3 is 21.3 Å². The number of nitrogens with one attached hydrogen (secondary N) is 3. The maximum Gasteiger partial charge on any atom is 0.254 e. The number of carbonyl (C=O) groups excluding carboxylic acids is 2. The van der Waals surface area contributed by atoms with Crippen molar-refractivity contribution in [3.8, 4) is 11.3 Å². The number of aromatic nitrogens is 3. The van der Waals surface area contributed by atoms with Gasteiger partial charge in [-0.2, -0.15) is 0 Å². The highest BCUT2D eigenvalue weighted by molar-refractivity contribution is 6.36. The summed E-state index contributed by atoms with van der Waals surface area (Å²) in [6, 6.07) is 6.37. The van der Waals surface area contributed by atoms with Crippen LogP contribution in [0.5, 0.6) is 0 Å². The first-order valence-corrected chi connectivity index (χ1v) is 11.0. The highest BCUT2D eigenvalue weighted by Crippen LogP contribution is 2.30. The van der Waals surface area contributed by atoms with E-state index >= 15 is 0 Å². The molecule has 1 aromatic carbocycles. The van der Waals surface area contributed by atoms with E-state index in [4.69, 9.17) is 44.6 Å². The molecular formula is C22H22Cl2N8O3. The zero-order valence-corrected chi connectivity index (χ0v) is 20.2. The lowest BCUT2D eigenvalue weighted by atomic mass is 10.1. The molecule has 2 heterocycles. The summed E-state index contributed by atoms with van der Waals surface area (Å²) in [5.74, 6) is -1.23. The smallest absolute Gasteiger partial charge is 0.254 e. The van der Waals surface area contributed by atoms with Gasteiger partial charge in [0.05, 0.1) is 29.0 Å². The second-order valence-corrected chi connectivity index (χ2v) is 8.49. The number of nitrogens with two attached hydrogens (primary N) is 2. The van der Waals surface area contributed by atoms with Crippen LogP contribution in [0.15, 0.2) is 52.6 Å². The van der Waals surface area contributed by atoms with Crippen molar-refractivity contribution in [1.29, 1.82) is 5.41 Å². The minimum atomic E-state index is -0.878. The molecule has 7 N–H and O–H groups in total. The highest BCUT2D eigenvalue weighted by Gasteiger charge is 2.20. The van der Waals surface area contributed by atoms with Gasteiger partial charge in [-0.15, -0.1) is 0 Å². The number of carbonyl (C=O) groups is 2. The molecule has 0 bridgehead atoms. The normalized spacial score (nSPS) is 11.7. The molecule has 11 nitrogen and oxygen atoms in total. The van der Waals surface area contributed by atoms with Crippen molar-refractivity contribution < 1.29 is 14.1 Å². The quantitative estimate of drug-likeness (QED) is 0.212. The number of benzene rings is 1. The Kier molecular flexibility index (Phi) is 8.05. The fourth-order valence-corrected chi connectivity index (χ4v) is 3.49. The summed E-state index contributed by atoms with van der Waals surface area (Å²) in [4.78, 5) is 32.5. The summed E-state index contributed by atoms with van der Waals surface area (Å²) in [6.45, 7) is 3.64. The Labute approximate surface area is 210 Å². The fraction of sp³-hybridized carbons (Fsp3) is 0.182. The summed E-state index contributed by atoms with van der Waals surface area (Å²) < 4.78 is 5.16. The summed E-state index contributed by atoms with van der Waals surface area (Å²) in [7, 11) is 0. The van der Waals surface area contributed by atoms with Gasteiger partial charge in [0.1, 0.15) is 22.8 Å². The van der Waals surface area contributed by atoms with E-state index in [-0.39, 0.29) is 41.1 Å². The number of primary amides is 1. The minimum Gasteiger partial charge on any atom is -0.385 e. The zero-order valence-electron chi connectivity index (χ0n) is 18.7. The molecule has 13 heteroatoms. The SMILES string of the molecule is CC(C)N/C(N)=C(\C(=N)c1cnc(CC(=O)Nc2cc(-c3ccc(Cl)cc3Cl)no2)cn1)C(N)=O. The van der Waals surface area contributed by atoms with Gasteiger partial charge >= 0.3 is 0 Å². The number of nitrogens with zero attached hydrogens (tertiary/aromatic N) is 3. The number of anilines is 1. The molecule has 0 aliphatic carbocycles. The van der Waals surface area contributed by atoms with Crippen molar-refractivity contribution in [2.24, 2.45) is 11.5 Å². The fourth-order valence-electron chi connectivity index (χ4n) is 2.98. The van der Waals surface area contributed by atoms with Crippen LogP contribution in [0.25, 0.3) is 11.3 Å². The van der Waals surface area contributed by atoms with Gasteiger partial charge in [0.2, 0.25) is 11.8 Å². The Hall–Kier alpha value is -3.96. The molecule has 182 valence electrons. The summed E-state index contributed by atoms with van der Waals surface area (Å²) >= 11 is 12.1. The van der Waals surface area contributed by atoms with Crippen molar-refractivity contribution in [1.82, 2.24) is 20.4 Å². The van der Waals surface area contributed by atoms with Gasteiger partial charge in [-0.1, -0.05) is 28.4 Å². The van der Waals surface area contributed by atoms with Crippen LogP contribution < -0.4 is 22.1 Å². The molecule has 0 spiro atoms. The van der Waals surface area contributed by atoms with E-state index in [2.05, 4.69) is 25.8 Å². The third-order valence-corrected chi connectivity index (χ3v) is 5.04. The van der Waals surface area contributed by atoms with Crippen LogP contribution in [0.1, 0.15) is 25.2 Å². The molecule has 2 amide bonds. The average molecular weight is 517 g/mol. The second-order valence-electron chi connectivity index (χ2n) is 7.65. The predicted molar refractivity (Wildman–Crippen MR) is 132 cm³/mol. The summed E-state index contributed by atoms with van der Waals surface area (Å²) in [5, 5.41) is 18.4. The molecule has 0 atom stereocenters. The van der Waals surface area contributed by atoms with Crippen LogP contribution in [0.2, 0.25) is 10.0 Å². The standard InChI is InChI=1S/C22H22Cl2N8O3/c1-10(2)30-21(26)19(22(27)34)20(25)16-9-28-12(8-29-16)6-17(33)31-18-7-15(32-35-18)13-4-3-11(23)5-14(13)24/h3-5,7-10,25,30H,6,26H2,1-2H3,(H2,27,34)(H,31,33)/b21-19+,25-20?. The first-order chi connectivity index (χ1) is 16.5. The van der Waals surface area contributed by atoms with Crippen molar-refractivity contribution in [3.05, 3.63) is 69.5 Å². The largest absolute Gasteiger partial charge is 0.385 e. The maximum atomic E-state index is 12.4. The Morgan fingerprint density at radius 2 is 1.89 bits per heavy atom. The Morgan fingerprint density at radius 3 is 2.49 bits per heavy atom. The van der Waals surface area contributed by atoms with E-state index in [0.29, 0.717) is 27.0 Å². The van der Waals surface area contributed by atoms with Gasteiger partial charge in [-0.05, 0) is 32.0 Å². The molecule has 35 heavy (non-hydrogen) atoms. The van der Waals surface area contributed by atoms with E-state index in [1.807, 2.05) is 13.8 Å². The molecule has 0 aliphatic rings. The third-order valence-electron chi connectivity index (χ3n) is 4.49. The van der Waals surface area contributed by atoms with Crippen LogP contribution in [0.3, 0.4) is 0 Å². The molecule has 0 fully saturated rings. The zero-order chi connectivity index (χ0) is 25.7. The van der Waals surface area contributed by atoms with E-state index in [1.54, 1.807) is 18.2 Å². The molecule has 3 aromatic rings. The molecule has 0 saturated heterocycles. The minimum absolute atomic E-state index is 0.0333. The van der Waals surface area contributed by atoms with Gasteiger partial charge in [0.15, 0.2) is 0 Å². The predicted octanol–water partition coefficient (Wildman–Crippen LogP) is 2.64. The average Bonchev–Trinajstić information content (AvgIpc) is 3.21. The van der Waals surface area contributed by atoms with Crippen LogP contribution in [0.4, 0.5) is 5.88 Å². The second kappa shape index (κ2) is 11.0. The lowest BCUT2D eigenvalue weighted by Crippen LogP contribution is -2.34. The number of rotatable bonds is 9. The monoisotopic (exact) mass is 516 g/mol. The maximum absolute atomic E-state index is 12.4. The van der Waals surface area contributed by atoms with E-state index in [9.17, 15) is 9.59 Å². The van der Waals surface area contributed by atoms with E-state index in [0.717, 1.165) is 0 Å². The van der Waals surface area contributed by atoms with Gasteiger partial charge in [-0.3, -0.25) is 30.3 Å². The number of hydrogen-bond acceptors (Lipinski definition) is 9.